The van der Waals surface area contributed by atoms with E-state index in [1.165, 1.54) is 12.7 Å². The molecule has 142 valence electrons. The van der Waals surface area contributed by atoms with E-state index in [9.17, 15) is 13.2 Å². The number of fused-ring (bicyclic) bond motifs is 3. The van der Waals surface area contributed by atoms with Crippen LogP contribution < -0.4 is 4.72 Å². The van der Waals surface area contributed by atoms with Gasteiger partial charge in [0.1, 0.15) is 6.04 Å². The van der Waals surface area contributed by atoms with Crippen molar-refractivity contribution >= 4 is 16.0 Å². The summed E-state index contributed by atoms with van der Waals surface area (Å²) < 4.78 is 33.3. The lowest BCUT2D eigenvalue weighted by Gasteiger charge is -2.17. The Morgan fingerprint density at radius 2 is 1.61 bits per heavy atom. The molecular weight excluding hydrogens is 374 g/mol. The standard InChI is InChI=1S/C22H19NO4S/c1-27-22(24)21(15-7-3-2-4-8-15)23-28(25,26)18-11-12-20-17(14-18)13-16-9-5-6-10-19(16)20/h2-12,14,21,23H,13H2,1H3/t21-/m0/s1. The van der Waals surface area contributed by atoms with E-state index in [-0.39, 0.29) is 4.90 Å². The van der Waals surface area contributed by atoms with Gasteiger partial charge >= 0.3 is 5.97 Å². The number of carbonyl (C=O) groups is 1. The molecule has 6 heteroatoms. The molecule has 0 spiro atoms. The fourth-order valence-corrected chi connectivity index (χ4v) is 4.75. The highest BCUT2D eigenvalue weighted by atomic mass is 32.2. The third kappa shape index (κ3) is 3.32. The third-order valence-corrected chi connectivity index (χ3v) is 6.34. The van der Waals surface area contributed by atoms with Crippen molar-refractivity contribution in [3.8, 4) is 11.1 Å². The van der Waals surface area contributed by atoms with Crippen molar-refractivity contribution in [1.82, 2.24) is 4.72 Å². The van der Waals surface area contributed by atoms with Crippen LogP contribution in [0.15, 0.2) is 77.7 Å². The highest BCUT2D eigenvalue weighted by Crippen LogP contribution is 2.37. The van der Waals surface area contributed by atoms with Gasteiger partial charge in [0, 0.05) is 0 Å². The summed E-state index contributed by atoms with van der Waals surface area (Å²) in [6, 6.07) is 20.6. The van der Waals surface area contributed by atoms with Crippen LogP contribution in [0, 0.1) is 0 Å². The molecule has 0 unspecified atom stereocenters. The van der Waals surface area contributed by atoms with E-state index in [0.29, 0.717) is 12.0 Å². The number of rotatable bonds is 5. The highest BCUT2D eigenvalue weighted by Gasteiger charge is 2.29. The predicted octanol–water partition coefficient (Wildman–Crippen LogP) is 3.45. The summed E-state index contributed by atoms with van der Waals surface area (Å²) in [6.07, 6.45) is 0.688. The Kier molecular flexibility index (Phi) is 4.75. The minimum atomic E-state index is -3.92. The molecule has 1 atom stereocenters. The average Bonchev–Trinajstić information content (AvgIpc) is 3.10. The van der Waals surface area contributed by atoms with Gasteiger partial charge < -0.3 is 4.74 Å². The lowest BCUT2D eigenvalue weighted by molar-refractivity contribution is -0.142. The lowest BCUT2D eigenvalue weighted by Crippen LogP contribution is -2.34. The van der Waals surface area contributed by atoms with Crippen molar-refractivity contribution < 1.29 is 17.9 Å². The Morgan fingerprint density at radius 3 is 2.36 bits per heavy atom. The van der Waals surface area contributed by atoms with Crippen LogP contribution in [0.1, 0.15) is 22.7 Å². The number of hydrogen-bond acceptors (Lipinski definition) is 4. The summed E-state index contributed by atoms with van der Waals surface area (Å²) >= 11 is 0. The summed E-state index contributed by atoms with van der Waals surface area (Å²) in [4.78, 5) is 12.3. The number of nitrogens with one attached hydrogen (secondary N) is 1. The smallest absolute Gasteiger partial charge is 0.328 e. The molecule has 0 radical (unpaired) electrons. The molecule has 0 amide bonds. The van der Waals surface area contributed by atoms with E-state index < -0.39 is 22.0 Å². The molecule has 0 bridgehead atoms. The van der Waals surface area contributed by atoms with E-state index in [0.717, 1.165) is 16.7 Å². The number of hydrogen-bond donors (Lipinski definition) is 1. The second-order valence-corrected chi connectivity index (χ2v) is 8.36. The van der Waals surface area contributed by atoms with E-state index in [4.69, 9.17) is 4.74 Å². The SMILES string of the molecule is COC(=O)[C@@H](NS(=O)(=O)c1ccc2c(c1)Cc1ccccc1-2)c1ccccc1. The first kappa shape index (κ1) is 18.4. The molecule has 5 nitrogen and oxygen atoms in total. The number of methoxy groups -OCH3 is 1. The number of ether oxygens (including phenoxy) is 1. The molecule has 0 fully saturated rings. The molecule has 1 aliphatic carbocycles. The zero-order valence-electron chi connectivity index (χ0n) is 15.3. The Morgan fingerprint density at radius 1 is 0.929 bits per heavy atom. The van der Waals surface area contributed by atoms with E-state index in [1.807, 2.05) is 30.3 Å². The van der Waals surface area contributed by atoms with Crippen LogP contribution in [0.3, 0.4) is 0 Å². The van der Waals surface area contributed by atoms with Gasteiger partial charge in [-0.1, -0.05) is 60.7 Å². The molecule has 3 aromatic rings. The molecule has 4 rings (SSSR count). The largest absolute Gasteiger partial charge is 0.468 e. The summed E-state index contributed by atoms with van der Waals surface area (Å²) in [5.74, 6) is -0.664. The molecule has 0 aromatic heterocycles. The molecule has 0 saturated heterocycles. The van der Waals surface area contributed by atoms with Gasteiger partial charge in [-0.05, 0) is 46.4 Å². The first-order chi connectivity index (χ1) is 13.5. The fraction of sp³-hybridized carbons (Fsp3) is 0.136. The van der Waals surface area contributed by atoms with Gasteiger partial charge in [-0.2, -0.15) is 4.72 Å². The summed E-state index contributed by atoms with van der Waals surface area (Å²) in [5, 5.41) is 0. The van der Waals surface area contributed by atoms with Gasteiger partial charge in [-0.25, -0.2) is 13.2 Å². The zero-order chi connectivity index (χ0) is 19.7. The summed E-state index contributed by atoms with van der Waals surface area (Å²) in [5.41, 5.74) is 4.83. The second-order valence-electron chi connectivity index (χ2n) is 6.64. The normalized spacial score (nSPS) is 13.5. The van der Waals surface area contributed by atoms with Gasteiger partial charge in [0.15, 0.2) is 0 Å². The van der Waals surface area contributed by atoms with Crippen LogP contribution in [0.5, 0.6) is 0 Å². The lowest BCUT2D eigenvalue weighted by atomic mass is 10.1. The Balaban J connectivity index is 1.67. The molecule has 1 aliphatic rings. The minimum absolute atomic E-state index is 0.129. The van der Waals surface area contributed by atoms with Crippen molar-refractivity contribution in [3.05, 3.63) is 89.5 Å². The van der Waals surface area contributed by atoms with Crippen LogP contribution in [0.2, 0.25) is 0 Å². The number of sulfonamides is 1. The van der Waals surface area contributed by atoms with Gasteiger partial charge in [-0.15, -0.1) is 0 Å². The van der Waals surface area contributed by atoms with Crippen molar-refractivity contribution in [1.29, 1.82) is 0 Å². The van der Waals surface area contributed by atoms with Gasteiger partial charge in [-0.3, -0.25) is 0 Å². The van der Waals surface area contributed by atoms with E-state index >= 15 is 0 Å². The molecule has 0 saturated carbocycles. The monoisotopic (exact) mass is 393 g/mol. The van der Waals surface area contributed by atoms with Crippen LogP contribution in [0.25, 0.3) is 11.1 Å². The number of carbonyl (C=O) groups excluding carboxylic acids is 1. The maximum atomic E-state index is 13.0. The maximum absolute atomic E-state index is 13.0. The van der Waals surface area contributed by atoms with Crippen molar-refractivity contribution in [2.75, 3.05) is 7.11 Å². The topological polar surface area (TPSA) is 72.5 Å². The van der Waals surface area contributed by atoms with E-state index in [2.05, 4.69) is 4.72 Å². The fourth-order valence-electron chi connectivity index (χ4n) is 3.53. The maximum Gasteiger partial charge on any atom is 0.328 e. The molecule has 1 N–H and O–H groups in total. The molecule has 28 heavy (non-hydrogen) atoms. The quantitative estimate of drug-likeness (QED) is 0.527. The molecule has 0 aliphatic heterocycles. The van der Waals surface area contributed by atoms with Crippen molar-refractivity contribution in [2.24, 2.45) is 0 Å². The molecule has 0 heterocycles. The van der Waals surface area contributed by atoms with Crippen LogP contribution in [-0.4, -0.2) is 21.5 Å². The summed E-state index contributed by atoms with van der Waals surface area (Å²) in [6.45, 7) is 0. The van der Waals surface area contributed by atoms with Gasteiger partial charge in [0.2, 0.25) is 10.0 Å². The highest BCUT2D eigenvalue weighted by molar-refractivity contribution is 7.89. The summed E-state index contributed by atoms with van der Waals surface area (Å²) in [7, 11) is -2.69. The Labute approximate surface area is 164 Å². The predicted molar refractivity (Wildman–Crippen MR) is 106 cm³/mol. The van der Waals surface area contributed by atoms with Crippen LogP contribution in [0.4, 0.5) is 0 Å². The first-order valence-corrected chi connectivity index (χ1v) is 10.3. The van der Waals surface area contributed by atoms with Crippen LogP contribution in [-0.2, 0) is 26.0 Å². The van der Waals surface area contributed by atoms with Crippen molar-refractivity contribution in [2.45, 2.75) is 17.4 Å². The Bertz CT molecular complexity index is 1140. The molecular formula is C22H19NO4S. The zero-order valence-corrected chi connectivity index (χ0v) is 16.1. The van der Waals surface area contributed by atoms with Crippen LogP contribution >= 0.6 is 0 Å². The minimum Gasteiger partial charge on any atom is -0.468 e. The van der Waals surface area contributed by atoms with Gasteiger partial charge in [0.05, 0.1) is 12.0 Å². The average molecular weight is 393 g/mol. The third-order valence-electron chi connectivity index (χ3n) is 4.92. The Hall–Kier alpha value is -2.96. The first-order valence-electron chi connectivity index (χ1n) is 8.86. The number of esters is 1. The molecule has 3 aromatic carbocycles. The van der Waals surface area contributed by atoms with Crippen molar-refractivity contribution in [3.63, 3.8) is 0 Å². The second kappa shape index (κ2) is 7.22. The number of benzene rings is 3. The van der Waals surface area contributed by atoms with Gasteiger partial charge in [0.25, 0.3) is 0 Å². The van der Waals surface area contributed by atoms with E-state index in [1.54, 1.807) is 42.5 Å².